The number of carboxylic acids is 1. The molecule has 6 nitrogen and oxygen atoms in total. The summed E-state index contributed by atoms with van der Waals surface area (Å²) in [6, 6.07) is 7.49. The molecule has 7 heteroatoms. The van der Waals surface area contributed by atoms with Crippen LogP contribution in [-0.4, -0.2) is 28.6 Å². The van der Waals surface area contributed by atoms with Gasteiger partial charge in [0.1, 0.15) is 15.6 Å². The van der Waals surface area contributed by atoms with Crippen LogP contribution in [0.4, 0.5) is 0 Å². The fourth-order valence-corrected chi connectivity index (χ4v) is 2.90. The number of nitrogens with one attached hydrogen (secondary N) is 1. The van der Waals surface area contributed by atoms with Crippen molar-refractivity contribution in [3.8, 4) is 5.75 Å². The maximum Gasteiger partial charge on any atom is 0.347 e. The predicted molar refractivity (Wildman–Crippen MR) is 87.0 cm³/mol. The number of aryl methyl sites for hydroxylation is 1. The van der Waals surface area contributed by atoms with Gasteiger partial charge in [0.15, 0.2) is 0 Å². The Balaban J connectivity index is 1.87. The molecule has 0 spiro atoms. The standard InChI is InChI=1S/C16H18N2O4S/c1-3-22-12-6-4-11(5-7-12)9-17-13(19)8-14-18-10(2)15(23-14)16(20)21/h4-7H,3,8-9H2,1-2H3,(H,17,19)(H,20,21). The Morgan fingerprint density at radius 1 is 1.30 bits per heavy atom. The highest BCUT2D eigenvalue weighted by atomic mass is 32.1. The third-order valence-corrected chi connectivity index (χ3v) is 4.22. The first-order valence-electron chi connectivity index (χ1n) is 7.17. The van der Waals surface area contributed by atoms with Crippen LogP contribution in [0.3, 0.4) is 0 Å². The number of benzene rings is 1. The van der Waals surface area contributed by atoms with Crippen molar-refractivity contribution in [3.05, 3.63) is 45.4 Å². The van der Waals surface area contributed by atoms with Gasteiger partial charge in [0.2, 0.25) is 5.91 Å². The van der Waals surface area contributed by atoms with Gasteiger partial charge < -0.3 is 15.2 Å². The number of carboxylic acid groups (broad SMARTS) is 1. The van der Waals surface area contributed by atoms with Gasteiger partial charge in [0.05, 0.1) is 18.7 Å². The maximum atomic E-state index is 11.9. The van der Waals surface area contributed by atoms with Gasteiger partial charge in [-0.3, -0.25) is 4.79 Å². The molecule has 2 N–H and O–H groups in total. The van der Waals surface area contributed by atoms with E-state index in [1.54, 1.807) is 6.92 Å². The molecule has 0 saturated carbocycles. The van der Waals surface area contributed by atoms with Crippen molar-refractivity contribution in [1.82, 2.24) is 10.3 Å². The Labute approximate surface area is 138 Å². The number of carbonyl (C=O) groups is 2. The molecule has 1 amide bonds. The number of carbonyl (C=O) groups excluding carboxylic acids is 1. The van der Waals surface area contributed by atoms with E-state index in [9.17, 15) is 9.59 Å². The molecule has 0 unspecified atom stereocenters. The summed E-state index contributed by atoms with van der Waals surface area (Å²) in [5, 5.41) is 12.3. The average molecular weight is 334 g/mol. The number of amides is 1. The lowest BCUT2D eigenvalue weighted by Gasteiger charge is -2.06. The molecule has 0 aliphatic heterocycles. The third kappa shape index (κ3) is 4.79. The van der Waals surface area contributed by atoms with E-state index in [-0.39, 0.29) is 17.2 Å². The molecule has 0 fully saturated rings. The molecule has 0 atom stereocenters. The second-order valence-corrected chi connectivity index (χ2v) is 5.94. The van der Waals surface area contributed by atoms with Gasteiger partial charge in [-0.05, 0) is 31.5 Å². The summed E-state index contributed by atoms with van der Waals surface area (Å²) in [7, 11) is 0. The van der Waals surface area contributed by atoms with Gasteiger partial charge in [-0.2, -0.15) is 0 Å². The van der Waals surface area contributed by atoms with Crippen molar-refractivity contribution < 1.29 is 19.4 Å². The van der Waals surface area contributed by atoms with Crippen LogP contribution in [-0.2, 0) is 17.8 Å². The van der Waals surface area contributed by atoms with Crippen LogP contribution < -0.4 is 10.1 Å². The summed E-state index contributed by atoms with van der Waals surface area (Å²) in [5.41, 5.74) is 1.40. The van der Waals surface area contributed by atoms with Gasteiger partial charge in [-0.25, -0.2) is 9.78 Å². The van der Waals surface area contributed by atoms with Crippen LogP contribution in [0.1, 0.15) is 32.9 Å². The van der Waals surface area contributed by atoms with Crippen LogP contribution in [0.2, 0.25) is 0 Å². The van der Waals surface area contributed by atoms with E-state index in [0.717, 1.165) is 22.6 Å². The summed E-state index contributed by atoms with van der Waals surface area (Å²) in [4.78, 5) is 27.2. The Morgan fingerprint density at radius 2 is 2.00 bits per heavy atom. The van der Waals surface area contributed by atoms with E-state index in [1.807, 2.05) is 31.2 Å². The van der Waals surface area contributed by atoms with Gasteiger partial charge in [0.25, 0.3) is 0 Å². The van der Waals surface area contributed by atoms with Crippen LogP contribution in [0.15, 0.2) is 24.3 Å². The van der Waals surface area contributed by atoms with E-state index >= 15 is 0 Å². The highest BCUT2D eigenvalue weighted by Crippen LogP contribution is 2.18. The Hall–Kier alpha value is -2.41. The van der Waals surface area contributed by atoms with Gasteiger partial charge in [-0.1, -0.05) is 12.1 Å². The van der Waals surface area contributed by atoms with Crippen LogP contribution in [0.5, 0.6) is 5.75 Å². The molecule has 23 heavy (non-hydrogen) atoms. The first-order valence-corrected chi connectivity index (χ1v) is 7.99. The van der Waals surface area contributed by atoms with Gasteiger partial charge in [0, 0.05) is 6.54 Å². The number of aromatic nitrogens is 1. The number of hydrogen-bond acceptors (Lipinski definition) is 5. The van der Waals surface area contributed by atoms with E-state index in [0.29, 0.717) is 23.9 Å². The number of ether oxygens (including phenoxy) is 1. The summed E-state index contributed by atoms with van der Waals surface area (Å²) >= 11 is 1.04. The average Bonchev–Trinajstić information content (AvgIpc) is 2.87. The lowest BCUT2D eigenvalue weighted by Crippen LogP contribution is -2.24. The van der Waals surface area contributed by atoms with Crippen LogP contribution in [0, 0.1) is 6.92 Å². The third-order valence-electron chi connectivity index (χ3n) is 3.07. The minimum atomic E-state index is -1.01. The molecule has 1 heterocycles. The Morgan fingerprint density at radius 3 is 2.57 bits per heavy atom. The van der Waals surface area contributed by atoms with Crippen molar-refractivity contribution >= 4 is 23.2 Å². The molecule has 0 saturated heterocycles. The minimum absolute atomic E-state index is 0.0792. The Kier molecular flexibility index (Phi) is 5.70. The second-order valence-electron chi connectivity index (χ2n) is 4.86. The normalized spacial score (nSPS) is 10.3. The van der Waals surface area contributed by atoms with E-state index < -0.39 is 5.97 Å². The zero-order chi connectivity index (χ0) is 16.8. The SMILES string of the molecule is CCOc1ccc(CNC(=O)Cc2nc(C)c(C(=O)O)s2)cc1. The molecule has 2 aromatic rings. The first kappa shape index (κ1) is 17.0. The van der Waals surface area contributed by atoms with Crippen molar-refractivity contribution in [2.24, 2.45) is 0 Å². The Bertz CT molecular complexity index is 695. The molecule has 0 bridgehead atoms. The lowest BCUT2D eigenvalue weighted by atomic mass is 10.2. The number of thiazole rings is 1. The van der Waals surface area contributed by atoms with Crippen molar-refractivity contribution in [1.29, 1.82) is 0 Å². The number of nitrogens with zero attached hydrogens (tertiary/aromatic N) is 1. The monoisotopic (exact) mass is 334 g/mol. The summed E-state index contributed by atoms with van der Waals surface area (Å²) in [6.45, 7) is 4.56. The molecule has 122 valence electrons. The predicted octanol–water partition coefficient (Wildman–Crippen LogP) is 2.41. The van der Waals surface area contributed by atoms with Crippen LogP contribution >= 0.6 is 11.3 Å². The van der Waals surface area contributed by atoms with E-state index in [4.69, 9.17) is 9.84 Å². The second kappa shape index (κ2) is 7.73. The summed E-state index contributed by atoms with van der Waals surface area (Å²) in [5.74, 6) is -0.410. The zero-order valence-corrected chi connectivity index (χ0v) is 13.8. The number of rotatable bonds is 7. The molecular weight excluding hydrogens is 316 g/mol. The van der Waals surface area contributed by atoms with Crippen LogP contribution in [0.25, 0.3) is 0 Å². The number of hydrogen-bond donors (Lipinski definition) is 2. The minimum Gasteiger partial charge on any atom is -0.494 e. The summed E-state index contributed by atoms with van der Waals surface area (Å²) < 4.78 is 5.36. The maximum absolute atomic E-state index is 11.9. The fraction of sp³-hybridized carbons (Fsp3) is 0.312. The molecule has 0 aliphatic carbocycles. The molecule has 0 radical (unpaired) electrons. The quantitative estimate of drug-likeness (QED) is 0.812. The molecule has 1 aromatic heterocycles. The number of aromatic carboxylic acids is 1. The largest absolute Gasteiger partial charge is 0.494 e. The van der Waals surface area contributed by atoms with Crippen molar-refractivity contribution in [2.75, 3.05) is 6.61 Å². The molecular formula is C16H18N2O4S. The highest BCUT2D eigenvalue weighted by Gasteiger charge is 2.15. The van der Waals surface area contributed by atoms with Crippen molar-refractivity contribution in [2.45, 2.75) is 26.8 Å². The summed E-state index contributed by atoms with van der Waals surface area (Å²) in [6.07, 6.45) is 0.0792. The fourth-order valence-electron chi connectivity index (χ4n) is 2.00. The highest BCUT2D eigenvalue weighted by molar-refractivity contribution is 7.13. The topological polar surface area (TPSA) is 88.5 Å². The first-order chi connectivity index (χ1) is 11.0. The molecule has 2 rings (SSSR count). The zero-order valence-electron chi connectivity index (χ0n) is 13.0. The van der Waals surface area contributed by atoms with E-state index in [2.05, 4.69) is 10.3 Å². The molecule has 1 aromatic carbocycles. The van der Waals surface area contributed by atoms with Crippen molar-refractivity contribution in [3.63, 3.8) is 0 Å². The van der Waals surface area contributed by atoms with Gasteiger partial charge in [-0.15, -0.1) is 11.3 Å². The lowest BCUT2D eigenvalue weighted by molar-refractivity contribution is -0.120. The smallest absolute Gasteiger partial charge is 0.347 e. The van der Waals surface area contributed by atoms with E-state index in [1.165, 1.54) is 0 Å². The van der Waals surface area contributed by atoms with Gasteiger partial charge >= 0.3 is 5.97 Å². The molecule has 0 aliphatic rings.